The minimum absolute atomic E-state index is 0.183. The molecule has 0 saturated carbocycles. The van der Waals surface area contributed by atoms with Crippen LogP contribution in [-0.4, -0.2) is 7.11 Å². The normalized spacial score (nSPS) is 12.0. The van der Waals surface area contributed by atoms with Crippen molar-refractivity contribution in [3.63, 3.8) is 0 Å². The molecule has 116 valence electrons. The van der Waals surface area contributed by atoms with E-state index in [0.29, 0.717) is 0 Å². The van der Waals surface area contributed by atoms with Crippen molar-refractivity contribution in [1.29, 1.82) is 0 Å². The average Bonchev–Trinajstić information content (AvgIpc) is 2.59. The lowest BCUT2D eigenvalue weighted by Gasteiger charge is -2.20. The fraction of sp³-hybridized carbons (Fsp3) is 0.182. The second-order valence-corrected chi connectivity index (χ2v) is 6.04. The first kappa shape index (κ1) is 15.4. The van der Waals surface area contributed by atoms with Crippen molar-refractivity contribution < 1.29 is 4.74 Å². The van der Waals surface area contributed by atoms with E-state index in [1.54, 1.807) is 7.11 Å². The maximum atomic E-state index is 5.71. The van der Waals surface area contributed by atoms with Gasteiger partial charge in [-0.2, -0.15) is 0 Å². The van der Waals surface area contributed by atoms with E-state index < -0.39 is 0 Å². The summed E-state index contributed by atoms with van der Waals surface area (Å²) in [6.07, 6.45) is 2.32. The molecule has 3 aromatic carbocycles. The van der Waals surface area contributed by atoms with Gasteiger partial charge in [0.1, 0.15) is 5.75 Å². The summed E-state index contributed by atoms with van der Waals surface area (Å²) >= 11 is 0. The molecule has 1 heteroatoms. The highest BCUT2D eigenvalue weighted by Crippen LogP contribution is 2.39. The molecule has 0 spiro atoms. The Morgan fingerprint density at radius 2 is 1.57 bits per heavy atom. The van der Waals surface area contributed by atoms with Crippen LogP contribution in [0.5, 0.6) is 5.75 Å². The standard InChI is InChI=1S/C22H22O/c1-16(2)15-20(17-9-5-4-6-10-17)22-19-12-8-7-11-18(19)13-14-21(22)23-3/h4-15,20H,1-3H3. The Kier molecular flexibility index (Phi) is 4.47. The lowest BCUT2D eigenvalue weighted by molar-refractivity contribution is 0.410. The molecule has 0 radical (unpaired) electrons. The van der Waals surface area contributed by atoms with Crippen LogP contribution in [0.4, 0.5) is 0 Å². The molecule has 0 aromatic heterocycles. The molecule has 3 rings (SSSR count). The second kappa shape index (κ2) is 6.70. The highest BCUT2D eigenvalue weighted by molar-refractivity contribution is 5.89. The van der Waals surface area contributed by atoms with Gasteiger partial charge in [0.2, 0.25) is 0 Å². The molecule has 0 aliphatic heterocycles. The van der Waals surface area contributed by atoms with Crippen molar-refractivity contribution in [1.82, 2.24) is 0 Å². The summed E-state index contributed by atoms with van der Waals surface area (Å²) in [4.78, 5) is 0. The molecule has 1 unspecified atom stereocenters. The number of methoxy groups -OCH3 is 1. The Balaban J connectivity index is 2.31. The van der Waals surface area contributed by atoms with Gasteiger partial charge in [0.25, 0.3) is 0 Å². The summed E-state index contributed by atoms with van der Waals surface area (Å²) in [5.41, 5.74) is 3.81. The molecule has 0 aliphatic rings. The first-order chi connectivity index (χ1) is 11.2. The molecule has 0 heterocycles. The predicted molar refractivity (Wildman–Crippen MR) is 98.2 cm³/mol. The quantitative estimate of drug-likeness (QED) is 0.541. The van der Waals surface area contributed by atoms with Gasteiger partial charge in [-0.05, 0) is 36.2 Å². The first-order valence-corrected chi connectivity index (χ1v) is 7.96. The van der Waals surface area contributed by atoms with E-state index >= 15 is 0 Å². The van der Waals surface area contributed by atoms with Gasteiger partial charge in [-0.25, -0.2) is 0 Å². The van der Waals surface area contributed by atoms with Gasteiger partial charge in [-0.3, -0.25) is 0 Å². The summed E-state index contributed by atoms with van der Waals surface area (Å²) in [6, 6.07) is 23.3. The smallest absolute Gasteiger partial charge is 0.123 e. The monoisotopic (exact) mass is 302 g/mol. The third-order valence-electron chi connectivity index (χ3n) is 4.12. The average molecular weight is 302 g/mol. The lowest BCUT2D eigenvalue weighted by atomic mass is 9.86. The number of allylic oxidation sites excluding steroid dienone is 2. The minimum atomic E-state index is 0.183. The first-order valence-electron chi connectivity index (χ1n) is 7.96. The number of hydrogen-bond acceptors (Lipinski definition) is 1. The molecule has 0 saturated heterocycles. The van der Waals surface area contributed by atoms with Crippen LogP contribution in [0.1, 0.15) is 30.9 Å². The molecule has 0 amide bonds. The van der Waals surface area contributed by atoms with Crippen LogP contribution in [0, 0.1) is 0 Å². The molecule has 0 aliphatic carbocycles. The Labute approximate surface area is 138 Å². The predicted octanol–water partition coefficient (Wildman–Crippen LogP) is 5.95. The number of rotatable bonds is 4. The summed E-state index contributed by atoms with van der Waals surface area (Å²) in [5.74, 6) is 1.12. The maximum Gasteiger partial charge on any atom is 0.123 e. The Hall–Kier alpha value is -2.54. The zero-order valence-corrected chi connectivity index (χ0v) is 13.9. The molecular formula is C22H22O. The summed E-state index contributed by atoms with van der Waals surface area (Å²) < 4.78 is 5.71. The van der Waals surface area contributed by atoms with Crippen LogP contribution in [0.2, 0.25) is 0 Å². The second-order valence-electron chi connectivity index (χ2n) is 6.04. The molecule has 23 heavy (non-hydrogen) atoms. The number of hydrogen-bond donors (Lipinski definition) is 0. The molecule has 1 atom stereocenters. The zero-order chi connectivity index (χ0) is 16.2. The number of fused-ring (bicyclic) bond motifs is 1. The van der Waals surface area contributed by atoms with Gasteiger partial charge in [0.05, 0.1) is 7.11 Å². The van der Waals surface area contributed by atoms with Crippen LogP contribution in [0.15, 0.2) is 78.4 Å². The number of benzene rings is 3. The summed E-state index contributed by atoms with van der Waals surface area (Å²) in [6.45, 7) is 4.29. The SMILES string of the molecule is COc1ccc2ccccc2c1C(C=C(C)C)c1ccccc1. The molecule has 0 fully saturated rings. The zero-order valence-electron chi connectivity index (χ0n) is 13.9. The Bertz CT molecular complexity index is 827. The van der Waals surface area contributed by atoms with E-state index in [1.807, 2.05) is 0 Å². The van der Waals surface area contributed by atoms with E-state index in [-0.39, 0.29) is 5.92 Å². The molecule has 3 aromatic rings. The highest BCUT2D eigenvalue weighted by atomic mass is 16.5. The van der Waals surface area contributed by atoms with E-state index in [2.05, 4.69) is 86.7 Å². The molecule has 0 bridgehead atoms. The topological polar surface area (TPSA) is 9.23 Å². The maximum absolute atomic E-state index is 5.71. The Morgan fingerprint density at radius 1 is 0.870 bits per heavy atom. The fourth-order valence-electron chi connectivity index (χ4n) is 3.11. The van der Waals surface area contributed by atoms with Crippen molar-refractivity contribution in [2.24, 2.45) is 0 Å². The summed E-state index contributed by atoms with van der Waals surface area (Å²) in [5, 5.41) is 2.49. The highest BCUT2D eigenvalue weighted by Gasteiger charge is 2.19. The van der Waals surface area contributed by atoms with E-state index in [9.17, 15) is 0 Å². The Morgan fingerprint density at radius 3 is 2.26 bits per heavy atom. The lowest BCUT2D eigenvalue weighted by Crippen LogP contribution is -2.03. The van der Waals surface area contributed by atoms with Crippen LogP contribution < -0.4 is 4.74 Å². The van der Waals surface area contributed by atoms with Crippen molar-refractivity contribution in [3.8, 4) is 5.75 Å². The summed E-state index contributed by atoms with van der Waals surface area (Å²) in [7, 11) is 1.75. The number of ether oxygens (including phenoxy) is 1. The third-order valence-corrected chi connectivity index (χ3v) is 4.12. The van der Waals surface area contributed by atoms with Crippen molar-refractivity contribution in [2.45, 2.75) is 19.8 Å². The largest absolute Gasteiger partial charge is 0.496 e. The van der Waals surface area contributed by atoms with Crippen molar-refractivity contribution in [2.75, 3.05) is 7.11 Å². The van der Waals surface area contributed by atoms with Crippen molar-refractivity contribution >= 4 is 10.8 Å². The molecule has 0 N–H and O–H groups in total. The van der Waals surface area contributed by atoms with Gasteiger partial charge >= 0.3 is 0 Å². The minimum Gasteiger partial charge on any atom is -0.496 e. The fourth-order valence-corrected chi connectivity index (χ4v) is 3.11. The van der Waals surface area contributed by atoms with Crippen LogP contribution >= 0.6 is 0 Å². The van der Waals surface area contributed by atoms with Crippen molar-refractivity contribution in [3.05, 3.63) is 89.5 Å². The van der Waals surface area contributed by atoms with Gasteiger partial charge in [-0.15, -0.1) is 0 Å². The van der Waals surface area contributed by atoms with E-state index in [4.69, 9.17) is 4.74 Å². The van der Waals surface area contributed by atoms with Crippen LogP contribution in [0.25, 0.3) is 10.8 Å². The van der Waals surface area contributed by atoms with Gasteiger partial charge in [0.15, 0.2) is 0 Å². The van der Waals surface area contributed by atoms with E-state index in [0.717, 1.165) is 5.75 Å². The molecular weight excluding hydrogens is 280 g/mol. The van der Waals surface area contributed by atoms with Crippen LogP contribution in [-0.2, 0) is 0 Å². The molecule has 1 nitrogen and oxygen atoms in total. The van der Waals surface area contributed by atoms with Gasteiger partial charge in [-0.1, -0.05) is 72.3 Å². The van der Waals surface area contributed by atoms with Gasteiger partial charge < -0.3 is 4.74 Å². The van der Waals surface area contributed by atoms with Crippen LogP contribution in [0.3, 0.4) is 0 Å². The van der Waals surface area contributed by atoms with E-state index in [1.165, 1.54) is 27.5 Å². The van der Waals surface area contributed by atoms with Gasteiger partial charge in [0, 0.05) is 11.5 Å². The third kappa shape index (κ3) is 3.14.